The maximum atomic E-state index is 12.3. The average molecular weight is 274 g/mol. The van der Waals surface area contributed by atoms with Crippen LogP contribution in [-0.4, -0.2) is 11.9 Å². The molecule has 3 nitrogen and oxygen atoms in total. The molecule has 110 valence electrons. The Hall–Kier alpha value is -1.35. The van der Waals surface area contributed by atoms with Gasteiger partial charge in [0.15, 0.2) is 0 Å². The van der Waals surface area contributed by atoms with Crippen LogP contribution in [0.3, 0.4) is 0 Å². The predicted octanol–water partition coefficient (Wildman–Crippen LogP) is 3.08. The highest BCUT2D eigenvalue weighted by Crippen LogP contribution is 2.27. The molecule has 3 atom stereocenters. The maximum absolute atomic E-state index is 12.3. The van der Waals surface area contributed by atoms with Crippen molar-refractivity contribution in [2.75, 3.05) is 0 Å². The molecule has 0 bridgehead atoms. The highest BCUT2D eigenvalue weighted by molar-refractivity contribution is 5.83. The van der Waals surface area contributed by atoms with Gasteiger partial charge in [0.2, 0.25) is 5.91 Å². The van der Waals surface area contributed by atoms with E-state index in [2.05, 4.69) is 12.2 Å². The van der Waals surface area contributed by atoms with E-state index in [0.717, 1.165) is 18.4 Å². The van der Waals surface area contributed by atoms with Gasteiger partial charge in [-0.15, -0.1) is 0 Å². The van der Waals surface area contributed by atoms with Crippen molar-refractivity contribution in [2.45, 2.75) is 58.0 Å². The van der Waals surface area contributed by atoms with Gasteiger partial charge in [0.25, 0.3) is 0 Å². The minimum atomic E-state index is -0.560. The first-order valence-electron chi connectivity index (χ1n) is 7.74. The van der Waals surface area contributed by atoms with E-state index >= 15 is 0 Å². The van der Waals surface area contributed by atoms with E-state index in [1.165, 1.54) is 24.8 Å². The van der Waals surface area contributed by atoms with Gasteiger partial charge in [-0.3, -0.25) is 4.79 Å². The van der Waals surface area contributed by atoms with Crippen molar-refractivity contribution in [1.82, 2.24) is 5.32 Å². The molecule has 3 heteroatoms. The molecule has 1 amide bonds. The van der Waals surface area contributed by atoms with Gasteiger partial charge in [-0.1, -0.05) is 56.0 Å². The molecular weight excluding hydrogens is 248 g/mol. The summed E-state index contributed by atoms with van der Waals surface area (Å²) in [4.78, 5) is 12.3. The zero-order valence-corrected chi connectivity index (χ0v) is 12.6. The van der Waals surface area contributed by atoms with Crippen LogP contribution >= 0.6 is 0 Å². The zero-order chi connectivity index (χ0) is 14.5. The lowest BCUT2D eigenvalue weighted by Gasteiger charge is -2.32. The van der Waals surface area contributed by atoms with Crippen LogP contribution in [0.4, 0.5) is 0 Å². The molecule has 0 heterocycles. The Bertz CT molecular complexity index is 441. The van der Waals surface area contributed by atoms with E-state index in [1.54, 1.807) is 0 Å². The predicted molar refractivity (Wildman–Crippen MR) is 82.3 cm³/mol. The lowest BCUT2D eigenvalue weighted by molar-refractivity contribution is -0.123. The normalized spacial score (nSPS) is 24.1. The summed E-state index contributed by atoms with van der Waals surface area (Å²) in [5.41, 5.74) is 8.15. The third kappa shape index (κ3) is 3.60. The molecule has 1 aromatic carbocycles. The summed E-state index contributed by atoms with van der Waals surface area (Å²) in [7, 11) is 0. The molecule has 1 saturated carbocycles. The van der Waals surface area contributed by atoms with E-state index in [0.29, 0.717) is 12.0 Å². The first-order chi connectivity index (χ1) is 9.61. The minimum absolute atomic E-state index is 0.0424. The van der Waals surface area contributed by atoms with Gasteiger partial charge in [0, 0.05) is 6.04 Å². The topological polar surface area (TPSA) is 55.1 Å². The van der Waals surface area contributed by atoms with Crippen molar-refractivity contribution in [3.63, 3.8) is 0 Å². The van der Waals surface area contributed by atoms with E-state index in [1.807, 2.05) is 31.2 Å². The molecule has 0 radical (unpaired) electrons. The van der Waals surface area contributed by atoms with E-state index in [4.69, 9.17) is 5.73 Å². The number of nitrogens with one attached hydrogen (secondary N) is 1. The van der Waals surface area contributed by atoms with E-state index in [-0.39, 0.29) is 5.91 Å². The second-order valence-electron chi connectivity index (χ2n) is 5.96. The van der Waals surface area contributed by atoms with Crippen LogP contribution in [0.5, 0.6) is 0 Å². The average Bonchev–Trinajstić information content (AvgIpc) is 2.48. The summed E-state index contributed by atoms with van der Waals surface area (Å²) < 4.78 is 0. The van der Waals surface area contributed by atoms with Gasteiger partial charge >= 0.3 is 0 Å². The van der Waals surface area contributed by atoms with Crippen molar-refractivity contribution in [3.8, 4) is 0 Å². The Kier molecular flexibility index (Phi) is 5.18. The smallest absolute Gasteiger partial charge is 0.241 e. The number of aryl methyl sites for hydroxylation is 1. The lowest BCUT2D eigenvalue weighted by Crippen LogP contribution is -2.45. The molecule has 1 aliphatic rings. The number of hydrogen-bond acceptors (Lipinski definition) is 2. The zero-order valence-electron chi connectivity index (χ0n) is 12.6. The first-order valence-corrected chi connectivity index (χ1v) is 7.74. The molecule has 3 unspecified atom stereocenters. The number of nitrogens with two attached hydrogens (primary N) is 1. The standard InChI is InChI=1S/C17H26N2O/c1-3-13-6-4-5-7-15(13)19-17(20)16(18)14-10-8-12(2)9-11-14/h8-11,13,15-16H,3-7,18H2,1-2H3,(H,19,20). The van der Waals surface area contributed by atoms with E-state index in [9.17, 15) is 4.79 Å². The molecule has 3 N–H and O–H groups in total. The van der Waals surface area contributed by atoms with Crippen LogP contribution in [0.25, 0.3) is 0 Å². The second kappa shape index (κ2) is 6.89. The molecule has 0 aliphatic heterocycles. The van der Waals surface area contributed by atoms with Gasteiger partial charge in [-0.25, -0.2) is 0 Å². The lowest BCUT2D eigenvalue weighted by atomic mass is 9.82. The molecule has 1 aromatic rings. The number of amides is 1. The molecule has 0 spiro atoms. The fourth-order valence-corrected chi connectivity index (χ4v) is 3.08. The van der Waals surface area contributed by atoms with Gasteiger partial charge in [0.05, 0.1) is 0 Å². The molecule has 2 rings (SSSR count). The monoisotopic (exact) mass is 274 g/mol. The molecule has 1 aliphatic carbocycles. The van der Waals surface area contributed by atoms with Gasteiger partial charge in [-0.2, -0.15) is 0 Å². The Morgan fingerprint density at radius 3 is 2.60 bits per heavy atom. The number of hydrogen-bond donors (Lipinski definition) is 2. The van der Waals surface area contributed by atoms with Crippen LogP contribution in [-0.2, 0) is 4.79 Å². The van der Waals surface area contributed by atoms with E-state index < -0.39 is 6.04 Å². The fraction of sp³-hybridized carbons (Fsp3) is 0.588. The molecule has 0 aromatic heterocycles. The van der Waals surface area contributed by atoms with Crippen LogP contribution in [0, 0.1) is 12.8 Å². The van der Waals surface area contributed by atoms with Gasteiger partial charge in [0.1, 0.15) is 6.04 Å². The van der Waals surface area contributed by atoms with Crippen LogP contribution in [0.15, 0.2) is 24.3 Å². The van der Waals surface area contributed by atoms with Crippen molar-refractivity contribution in [2.24, 2.45) is 11.7 Å². The fourth-order valence-electron chi connectivity index (χ4n) is 3.08. The molecule has 20 heavy (non-hydrogen) atoms. The highest BCUT2D eigenvalue weighted by Gasteiger charge is 2.27. The largest absolute Gasteiger partial charge is 0.351 e. The quantitative estimate of drug-likeness (QED) is 0.886. The molecule has 1 fully saturated rings. The van der Waals surface area contributed by atoms with Crippen LogP contribution < -0.4 is 11.1 Å². The summed E-state index contributed by atoms with van der Waals surface area (Å²) in [6, 6.07) is 7.62. The van der Waals surface area contributed by atoms with Crippen LogP contribution in [0.2, 0.25) is 0 Å². The summed E-state index contributed by atoms with van der Waals surface area (Å²) in [6.45, 7) is 4.23. The second-order valence-corrected chi connectivity index (χ2v) is 5.96. The number of carbonyl (C=O) groups excluding carboxylic acids is 1. The Morgan fingerprint density at radius 2 is 1.95 bits per heavy atom. The maximum Gasteiger partial charge on any atom is 0.241 e. The summed E-state index contributed by atoms with van der Waals surface area (Å²) in [6.07, 6.45) is 5.94. The highest BCUT2D eigenvalue weighted by atomic mass is 16.2. The minimum Gasteiger partial charge on any atom is -0.351 e. The summed E-state index contributed by atoms with van der Waals surface area (Å²) in [5, 5.41) is 3.17. The number of carbonyl (C=O) groups is 1. The summed E-state index contributed by atoms with van der Waals surface area (Å²) >= 11 is 0. The Labute approximate surface area is 121 Å². The molecule has 0 saturated heterocycles. The third-order valence-corrected chi connectivity index (χ3v) is 4.48. The van der Waals surface area contributed by atoms with Crippen LogP contribution in [0.1, 0.15) is 56.2 Å². The van der Waals surface area contributed by atoms with Crippen molar-refractivity contribution >= 4 is 5.91 Å². The van der Waals surface area contributed by atoms with Crippen molar-refractivity contribution in [3.05, 3.63) is 35.4 Å². The van der Waals surface area contributed by atoms with Crippen molar-refractivity contribution < 1.29 is 4.79 Å². The van der Waals surface area contributed by atoms with Gasteiger partial charge in [-0.05, 0) is 31.2 Å². The Morgan fingerprint density at radius 1 is 1.30 bits per heavy atom. The molecular formula is C17H26N2O. The van der Waals surface area contributed by atoms with Crippen molar-refractivity contribution in [1.29, 1.82) is 0 Å². The first kappa shape index (κ1) is 15.0. The summed E-state index contributed by atoms with van der Waals surface area (Å²) in [5.74, 6) is 0.567. The SMILES string of the molecule is CCC1CCCCC1NC(=O)C(N)c1ccc(C)cc1. The number of benzene rings is 1. The third-order valence-electron chi connectivity index (χ3n) is 4.48. The van der Waals surface area contributed by atoms with Gasteiger partial charge < -0.3 is 11.1 Å². The Balaban J connectivity index is 1.98. The number of rotatable bonds is 4.